The summed E-state index contributed by atoms with van der Waals surface area (Å²) < 4.78 is 0.968. The number of aromatic amines is 1. The summed E-state index contributed by atoms with van der Waals surface area (Å²) in [5.74, 6) is 1.63. The molecule has 18 heavy (non-hydrogen) atoms. The van der Waals surface area contributed by atoms with Crippen LogP contribution in [0.3, 0.4) is 0 Å². The van der Waals surface area contributed by atoms with Crippen molar-refractivity contribution in [3.8, 4) is 0 Å². The predicted molar refractivity (Wildman–Crippen MR) is 77.5 cm³/mol. The molecule has 0 atom stereocenters. The Morgan fingerprint density at radius 3 is 2.89 bits per heavy atom. The van der Waals surface area contributed by atoms with Crippen molar-refractivity contribution in [3.05, 3.63) is 26.6 Å². The summed E-state index contributed by atoms with van der Waals surface area (Å²) in [7, 11) is 0. The molecule has 0 spiro atoms. The highest BCUT2D eigenvalue weighted by molar-refractivity contribution is 9.11. The molecule has 0 aliphatic heterocycles. The highest BCUT2D eigenvalue weighted by Crippen LogP contribution is 2.24. The van der Waals surface area contributed by atoms with Crippen molar-refractivity contribution in [1.29, 1.82) is 0 Å². The van der Waals surface area contributed by atoms with Gasteiger partial charge in [0.05, 0.1) is 14.4 Å². The second-order valence-corrected chi connectivity index (χ2v) is 7.38. The summed E-state index contributed by atoms with van der Waals surface area (Å²) in [5.41, 5.74) is 0. The third-order valence-electron chi connectivity index (χ3n) is 2.21. The monoisotopic (exact) mass is 345 g/mol. The lowest BCUT2D eigenvalue weighted by Crippen LogP contribution is -1.99. The summed E-state index contributed by atoms with van der Waals surface area (Å²) in [4.78, 5) is 17.0. The van der Waals surface area contributed by atoms with Crippen LogP contribution in [0.2, 0.25) is 0 Å². The number of thioether (sulfide) groups is 1. The number of halogens is 1. The molecule has 0 aliphatic rings. The Hall–Kier alpha value is -0.660. The van der Waals surface area contributed by atoms with Crippen LogP contribution >= 0.6 is 39.0 Å². The van der Waals surface area contributed by atoms with Crippen LogP contribution in [0.25, 0.3) is 0 Å². The first-order valence-corrected chi connectivity index (χ1v) is 7.99. The Kier molecular flexibility index (Phi) is 4.58. The minimum atomic E-state index is 0.103. The zero-order valence-electron chi connectivity index (χ0n) is 9.94. The number of thiophene rings is 1. The molecule has 2 aromatic rings. The summed E-state index contributed by atoms with van der Waals surface area (Å²) >= 11 is 6.15. The molecule has 0 saturated heterocycles. The molecule has 7 heteroatoms. The number of nitrogens with one attached hydrogen (secondary N) is 1. The van der Waals surface area contributed by atoms with Crippen LogP contribution in [-0.4, -0.2) is 26.7 Å². The minimum Gasteiger partial charge on any atom is -0.292 e. The number of carbonyl (C=O) groups excluding carboxylic acids is 1. The first-order valence-electron chi connectivity index (χ1n) is 5.40. The van der Waals surface area contributed by atoms with Crippen molar-refractivity contribution in [3.63, 3.8) is 0 Å². The topological polar surface area (TPSA) is 58.6 Å². The van der Waals surface area contributed by atoms with Crippen LogP contribution in [0.1, 0.15) is 35.3 Å². The first kappa shape index (κ1) is 13.8. The number of hydrogen-bond acceptors (Lipinski definition) is 5. The van der Waals surface area contributed by atoms with E-state index in [4.69, 9.17) is 0 Å². The molecule has 0 fully saturated rings. The number of ketones is 1. The van der Waals surface area contributed by atoms with Gasteiger partial charge in [-0.05, 0) is 28.1 Å². The zero-order valence-corrected chi connectivity index (χ0v) is 13.2. The van der Waals surface area contributed by atoms with Gasteiger partial charge in [-0.1, -0.05) is 25.6 Å². The molecule has 2 aromatic heterocycles. The molecule has 0 radical (unpaired) electrons. The normalized spacial score (nSPS) is 11.1. The van der Waals surface area contributed by atoms with Gasteiger partial charge in [0.25, 0.3) is 0 Å². The molecule has 0 aliphatic carbocycles. The van der Waals surface area contributed by atoms with Crippen LogP contribution < -0.4 is 0 Å². The fraction of sp³-hybridized carbons (Fsp3) is 0.364. The van der Waals surface area contributed by atoms with E-state index < -0.39 is 0 Å². The van der Waals surface area contributed by atoms with Crippen molar-refractivity contribution in [2.75, 3.05) is 5.75 Å². The molecule has 0 bridgehead atoms. The second kappa shape index (κ2) is 5.99. The Morgan fingerprint density at radius 1 is 1.56 bits per heavy atom. The van der Waals surface area contributed by atoms with Gasteiger partial charge in [0, 0.05) is 5.92 Å². The van der Waals surface area contributed by atoms with Gasteiger partial charge in [-0.15, -0.1) is 16.4 Å². The molecule has 0 saturated carbocycles. The summed E-state index contributed by atoms with van der Waals surface area (Å²) in [5, 5.41) is 7.58. The SMILES string of the molecule is CC(C)c1nc(SCC(=O)c2ccc(Br)s2)n[nH]1. The molecule has 1 N–H and O–H groups in total. The van der Waals surface area contributed by atoms with Crippen molar-refractivity contribution in [2.24, 2.45) is 0 Å². The number of carbonyl (C=O) groups is 1. The van der Waals surface area contributed by atoms with E-state index in [1.165, 1.54) is 23.1 Å². The molecule has 2 heterocycles. The van der Waals surface area contributed by atoms with Gasteiger partial charge in [-0.3, -0.25) is 9.89 Å². The number of Topliss-reactive ketones (excluding diaryl/α,β-unsaturated/α-hetero) is 1. The van der Waals surface area contributed by atoms with Crippen molar-refractivity contribution in [1.82, 2.24) is 15.2 Å². The number of nitrogens with zero attached hydrogens (tertiary/aromatic N) is 2. The maximum atomic E-state index is 11.9. The van der Waals surface area contributed by atoms with Crippen LogP contribution in [0.5, 0.6) is 0 Å². The lowest BCUT2D eigenvalue weighted by Gasteiger charge is -1.96. The van der Waals surface area contributed by atoms with E-state index in [-0.39, 0.29) is 5.78 Å². The van der Waals surface area contributed by atoms with Crippen LogP contribution in [0, 0.1) is 0 Å². The van der Waals surface area contributed by atoms with E-state index in [1.54, 1.807) is 0 Å². The largest absolute Gasteiger partial charge is 0.292 e. The smallest absolute Gasteiger partial charge is 0.208 e. The molecule has 96 valence electrons. The lowest BCUT2D eigenvalue weighted by molar-refractivity contribution is 0.102. The number of rotatable bonds is 5. The maximum absolute atomic E-state index is 11.9. The molecule has 4 nitrogen and oxygen atoms in total. The van der Waals surface area contributed by atoms with Gasteiger partial charge in [0.2, 0.25) is 5.16 Å². The standard InChI is InChI=1S/C11H12BrN3OS2/c1-6(2)10-13-11(15-14-10)17-5-7(16)8-3-4-9(12)18-8/h3-4,6H,5H2,1-2H3,(H,13,14,15). The third kappa shape index (κ3) is 3.43. The number of aromatic nitrogens is 3. The lowest BCUT2D eigenvalue weighted by atomic mass is 10.2. The van der Waals surface area contributed by atoms with E-state index >= 15 is 0 Å². The molecule has 0 unspecified atom stereocenters. The fourth-order valence-corrected chi connectivity index (χ4v) is 3.35. The molecular formula is C11H12BrN3OS2. The quantitative estimate of drug-likeness (QED) is 0.662. The Morgan fingerprint density at radius 2 is 2.33 bits per heavy atom. The van der Waals surface area contributed by atoms with Gasteiger partial charge in [0.1, 0.15) is 5.82 Å². The summed E-state index contributed by atoms with van der Waals surface area (Å²) in [6.07, 6.45) is 0. The molecule has 2 rings (SSSR count). The van der Waals surface area contributed by atoms with Crippen LogP contribution in [-0.2, 0) is 0 Å². The van der Waals surface area contributed by atoms with E-state index in [2.05, 4.69) is 31.1 Å². The van der Waals surface area contributed by atoms with Gasteiger partial charge in [-0.2, -0.15) is 0 Å². The fourth-order valence-electron chi connectivity index (χ4n) is 1.25. The van der Waals surface area contributed by atoms with Crippen molar-refractivity contribution in [2.45, 2.75) is 24.9 Å². The minimum absolute atomic E-state index is 0.103. The van der Waals surface area contributed by atoms with Gasteiger partial charge in [-0.25, -0.2) is 4.98 Å². The van der Waals surface area contributed by atoms with Gasteiger partial charge < -0.3 is 0 Å². The van der Waals surface area contributed by atoms with Crippen molar-refractivity contribution >= 4 is 44.8 Å². The highest BCUT2D eigenvalue weighted by Gasteiger charge is 2.12. The average Bonchev–Trinajstić information content (AvgIpc) is 2.94. The summed E-state index contributed by atoms with van der Waals surface area (Å²) in [6, 6.07) is 3.71. The van der Waals surface area contributed by atoms with E-state index in [0.29, 0.717) is 16.8 Å². The Labute approximate surface area is 122 Å². The highest BCUT2D eigenvalue weighted by atomic mass is 79.9. The van der Waals surface area contributed by atoms with E-state index in [0.717, 1.165) is 14.5 Å². The molecule has 0 aromatic carbocycles. The number of hydrogen-bond donors (Lipinski definition) is 1. The number of H-pyrrole nitrogens is 1. The molecule has 0 amide bonds. The third-order valence-corrected chi connectivity index (χ3v) is 4.72. The van der Waals surface area contributed by atoms with Crippen LogP contribution in [0.15, 0.2) is 21.1 Å². The average molecular weight is 346 g/mol. The van der Waals surface area contributed by atoms with Gasteiger partial charge in [0.15, 0.2) is 5.78 Å². The zero-order chi connectivity index (χ0) is 13.1. The Bertz CT molecular complexity index is 550. The van der Waals surface area contributed by atoms with E-state index in [1.807, 2.05) is 26.0 Å². The van der Waals surface area contributed by atoms with Crippen molar-refractivity contribution < 1.29 is 4.79 Å². The predicted octanol–water partition coefficient (Wildman–Crippen LogP) is 3.73. The second-order valence-electron chi connectivity index (χ2n) is 3.97. The maximum Gasteiger partial charge on any atom is 0.208 e. The van der Waals surface area contributed by atoms with Gasteiger partial charge >= 0.3 is 0 Å². The first-order chi connectivity index (χ1) is 8.56. The van der Waals surface area contributed by atoms with E-state index in [9.17, 15) is 4.79 Å². The van der Waals surface area contributed by atoms with Crippen LogP contribution in [0.4, 0.5) is 0 Å². The summed E-state index contributed by atoms with van der Waals surface area (Å²) in [6.45, 7) is 4.09. The Balaban J connectivity index is 1.93. The molecular weight excluding hydrogens is 334 g/mol.